The predicted octanol–water partition coefficient (Wildman–Crippen LogP) is 1.22. The molecule has 0 aliphatic rings. The number of ether oxygens (including phenoxy) is 1. The molecule has 0 amide bonds. The molecule has 53 valence electrons. The standard InChI is InChI=1S/C7H7FNO/c1-10-6-4-2-3-5(9)7(6)8/h2,4H,9H2,1H3. The van der Waals surface area contributed by atoms with Crippen molar-refractivity contribution in [3.05, 3.63) is 24.0 Å². The Morgan fingerprint density at radius 3 is 2.90 bits per heavy atom. The maximum atomic E-state index is 12.7. The van der Waals surface area contributed by atoms with E-state index in [0.717, 1.165) is 0 Å². The van der Waals surface area contributed by atoms with Crippen LogP contribution >= 0.6 is 0 Å². The largest absolute Gasteiger partial charge is 0.494 e. The lowest BCUT2D eigenvalue weighted by Gasteiger charge is -2.01. The molecule has 0 aliphatic heterocycles. The fourth-order valence-electron chi connectivity index (χ4n) is 0.634. The molecule has 0 aliphatic carbocycles. The summed E-state index contributed by atoms with van der Waals surface area (Å²) < 4.78 is 17.4. The molecule has 2 nitrogen and oxygen atoms in total. The van der Waals surface area contributed by atoms with Gasteiger partial charge in [0.1, 0.15) is 0 Å². The fraction of sp³-hybridized carbons (Fsp3) is 0.143. The summed E-state index contributed by atoms with van der Waals surface area (Å²) in [4.78, 5) is 0. The molecule has 0 saturated carbocycles. The van der Waals surface area contributed by atoms with E-state index in [1.165, 1.54) is 19.2 Å². The Morgan fingerprint density at radius 1 is 1.70 bits per heavy atom. The molecule has 0 unspecified atom stereocenters. The Hall–Kier alpha value is -1.25. The summed E-state index contributed by atoms with van der Waals surface area (Å²) in [7, 11) is 1.39. The lowest BCUT2D eigenvalue weighted by Crippen LogP contribution is -1.93. The van der Waals surface area contributed by atoms with Gasteiger partial charge in [0.2, 0.25) is 0 Å². The number of rotatable bonds is 1. The highest BCUT2D eigenvalue weighted by molar-refractivity contribution is 5.44. The first-order valence-electron chi connectivity index (χ1n) is 2.75. The van der Waals surface area contributed by atoms with Crippen LogP contribution < -0.4 is 10.5 Å². The third-order valence-electron chi connectivity index (χ3n) is 1.15. The minimum absolute atomic E-state index is 0.0145. The number of benzene rings is 1. The molecular weight excluding hydrogens is 133 g/mol. The van der Waals surface area contributed by atoms with Gasteiger partial charge in [-0.1, -0.05) is 0 Å². The van der Waals surface area contributed by atoms with E-state index in [9.17, 15) is 4.39 Å². The topological polar surface area (TPSA) is 35.2 Å². The van der Waals surface area contributed by atoms with Crippen molar-refractivity contribution < 1.29 is 9.13 Å². The minimum Gasteiger partial charge on any atom is -0.494 e. The van der Waals surface area contributed by atoms with Gasteiger partial charge in [-0.3, -0.25) is 0 Å². The van der Waals surface area contributed by atoms with Crippen molar-refractivity contribution in [2.24, 2.45) is 0 Å². The molecule has 0 aromatic heterocycles. The van der Waals surface area contributed by atoms with Crippen molar-refractivity contribution in [3.8, 4) is 5.75 Å². The Balaban J connectivity index is 3.14. The van der Waals surface area contributed by atoms with Gasteiger partial charge in [0.25, 0.3) is 0 Å². The Bertz CT molecular complexity index is 237. The van der Waals surface area contributed by atoms with E-state index in [2.05, 4.69) is 10.8 Å². The van der Waals surface area contributed by atoms with Crippen LogP contribution in [0.2, 0.25) is 0 Å². The van der Waals surface area contributed by atoms with E-state index in [1.54, 1.807) is 0 Å². The fourth-order valence-corrected chi connectivity index (χ4v) is 0.634. The summed E-state index contributed by atoms with van der Waals surface area (Å²) in [5, 5.41) is 0. The number of hydrogen-bond donors (Lipinski definition) is 1. The maximum absolute atomic E-state index is 12.7. The van der Waals surface area contributed by atoms with Crippen LogP contribution in [0.5, 0.6) is 5.75 Å². The molecule has 10 heavy (non-hydrogen) atoms. The Morgan fingerprint density at radius 2 is 2.40 bits per heavy atom. The molecule has 0 atom stereocenters. The molecule has 0 bridgehead atoms. The van der Waals surface area contributed by atoms with Gasteiger partial charge in [0, 0.05) is 6.07 Å². The number of anilines is 1. The van der Waals surface area contributed by atoms with Crippen molar-refractivity contribution in [1.29, 1.82) is 0 Å². The average Bonchev–Trinajstić information content (AvgIpc) is 1.95. The number of nitrogens with two attached hydrogens (primary N) is 1. The van der Waals surface area contributed by atoms with Crippen LogP contribution in [-0.2, 0) is 0 Å². The molecule has 0 heterocycles. The van der Waals surface area contributed by atoms with Crippen LogP contribution in [0.1, 0.15) is 0 Å². The third kappa shape index (κ3) is 1.03. The smallest absolute Gasteiger partial charge is 0.188 e. The van der Waals surface area contributed by atoms with Gasteiger partial charge in [0.05, 0.1) is 12.8 Å². The molecule has 0 fully saturated rings. The highest BCUT2D eigenvalue weighted by Gasteiger charge is 2.03. The average molecular weight is 140 g/mol. The van der Waals surface area contributed by atoms with Crippen LogP contribution in [-0.4, -0.2) is 7.11 Å². The van der Waals surface area contributed by atoms with Crippen molar-refractivity contribution in [2.75, 3.05) is 12.8 Å². The normalized spacial score (nSPS) is 9.40. The van der Waals surface area contributed by atoms with Gasteiger partial charge in [-0.15, -0.1) is 0 Å². The lowest BCUT2D eigenvalue weighted by atomic mass is 10.3. The lowest BCUT2D eigenvalue weighted by molar-refractivity contribution is 0.387. The first-order valence-corrected chi connectivity index (χ1v) is 2.75. The van der Waals surface area contributed by atoms with Crippen molar-refractivity contribution >= 4 is 5.69 Å². The van der Waals surface area contributed by atoms with Gasteiger partial charge < -0.3 is 10.5 Å². The Kier molecular flexibility index (Phi) is 1.76. The van der Waals surface area contributed by atoms with E-state index >= 15 is 0 Å². The molecule has 1 aromatic rings. The molecule has 0 saturated heterocycles. The van der Waals surface area contributed by atoms with Crippen LogP contribution in [0.25, 0.3) is 0 Å². The van der Waals surface area contributed by atoms with Gasteiger partial charge in [-0.2, -0.15) is 0 Å². The van der Waals surface area contributed by atoms with Gasteiger partial charge in [-0.05, 0) is 12.1 Å². The third-order valence-corrected chi connectivity index (χ3v) is 1.15. The van der Waals surface area contributed by atoms with Crippen molar-refractivity contribution in [1.82, 2.24) is 0 Å². The first-order chi connectivity index (χ1) is 4.75. The van der Waals surface area contributed by atoms with Crippen LogP contribution in [0, 0.1) is 11.9 Å². The Labute approximate surface area is 58.4 Å². The van der Waals surface area contributed by atoms with E-state index in [1.807, 2.05) is 0 Å². The number of hydrogen-bond acceptors (Lipinski definition) is 2. The van der Waals surface area contributed by atoms with Crippen LogP contribution in [0.4, 0.5) is 10.1 Å². The summed E-state index contributed by atoms with van der Waals surface area (Å²) in [5.74, 6) is -0.402. The van der Waals surface area contributed by atoms with Crippen LogP contribution in [0.15, 0.2) is 12.1 Å². The van der Waals surface area contributed by atoms with Crippen molar-refractivity contribution in [3.63, 3.8) is 0 Å². The summed E-state index contributed by atoms with van der Waals surface area (Å²) in [5.41, 5.74) is 5.17. The molecule has 2 N–H and O–H groups in total. The van der Waals surface area contributed by atoms with Crippen LogP contribution in [0.3, 0.4) is 0 Å². The zero-order valence-corrected chi connectivity index (χ0v) is 5.52. The maximum Gasteiger partial charge on any atom is 0.188 e. The van der Waals surface area contributed by atoms with Gasteiger partial charge >= 0.3 is 0 Å². The molecule has 1 aromatic carbocycles. The van der Waals surface area contributed by atoms with Crippen molar-refractivity contribution in [2.45, 2.75) is 0 Å². The molecule has 1 rings (SSSR count). The number of halogens is 1. The first kappa shape index (κ1) is 6.86. The summed E-state index contributed by atoms with van der Waals surface area (Å²) >= 11 is 0. The highest BCUT2D eigenvalue weighted by atomic mass is 19.1. The summed E-state index contributed by atoms with van der Waals surface area (Å²) in [6.07, 6.45) is 0. The predicted molar refractivity (Wildman–Crippen MR) is 36.2 cm³/mol. The van der Waals surface area contributed by atoms with Gasteiger partial charge in [0.15, 0.2) is 11.6 Å². The monoisotopic (exact) mass is 140 g/mol. The number of nitrogen functional groups attached to an aromatic ring is 1. The quantitative estimate of drug-likeness (QED) is 0.595. The molecular formula is C7H7FNO. The zero-order valence-electron chi connectivity index (χ0n) is 5.52. The minimum atomic E-state index is -0.551. The molecule has 0 spiro atoms. The number of methoxy groups -OCH3 is 1. The van der Waals surface area contributed by atoms with E-state index in [-0.39, 0.29) is 11.4 Å². The zero-order chi connectivity index (χ0) is 7.56. The van der Waals surface area contributed by atoms with E-state index < -0.39 is 5.82 Å². The second-order valence-corrected chi connectivity index (χ2v) is 1.77. The summed E-state index contributed by atoms with van der Waals surface area (Å²) in [6.45, 7) is 0. The molecule has 1 radical (unpaired) electrons. The van der Waals surface area contributed by atoms with E-state index in [4.69, 9.17) is 5.73 Å². The van der Waals surface area contributed by atoms with Gasteiger partial charge in [-0.25, -0.2) is 4.39 Å². The summed E-state index contributed by atoms with van der Waals surface area (Å²) in [6, 6.07) is 5.47. The van der Waals surface area contributed by atoms with E-state index in [0.29, 0.717) is 0 Å². The highest BCUT2D eigenvalue weighted by Crippen LogP contribution is 2.20. The molecule has 3 heteroatoms. The second-order valence-electron chi connectivity index (χ2n) is 1.77. The SMILES string of the molecule is COc1cc[c]c(N)c1F. The second kappa shape index (κ2) is 2.56.